The molecule has 0 fully saturated rings. The molecular weight excluding hydrogens is 242 g/mol. The lowest BCUT2D eigenvalue weighted by Crippen LogP contribution is -1.94. The smallest absolute Gasteiger partial charge is 0.163 e. The van der Waals surface area contributed by atoms with E-state index in [1.807, 2.05) is 42.8 Å². The average Bonchev–Trinajstić information content (AvgIpc) is 2.50. The highest BCUT2D eigenvalue weighted by molar-refractivity contribution is 9.10. The van der Waals surface area contributed by atoms with E-state index in [0.29, 0.717) is 0 Å². The number of halogens is 1. The summed E-state index contributed by atoms with van der Waals surface area (Å²) in [7, 11) is 1.96. The van der Waals surface area contributed by atoms with Crippen LogP contribution in [0.4, 0.5) is 0 Å². The van der Waals surface area contributed by atoms with Crippen LogP contribution in [0.2, 0.25) is 0 Å². The fourth-order valence-corrected chi connectivity index (χ4v) is 1.52. The molecule has 0 saturated heterocycles. The second-order valence-corrected chi connectivity index (χ2v) is 4.05. The van der Waals surface area contributed by atoms with Crippen molar-refractivity contribution in [2.24, 2.45) is 7.05 Å². The van der Waals surface area contributed by atoms with E-state index in [0.717, 1.165) is 21.7 Å². The van der Waals surface area contributed by atoms with Gasteiger partial charge in [0.1, 0.15) is 5.82 Å². The van der Waals surface area contributed by atoms with Crippen LogP contribution in [0.15, 0.2) is 28.7 Å². The van der Waals surface area contributed by atoms with Gasteiger partial charge >= 0.3 is 0 Å². The van der Waals surface area contributed by atoms with Gasteiger partial charge in [-0.2, -0.15) is 0 Å². The molecule has 0 aliphatic heterocycles. The molecule has 14 heavy (non-hydrogen) atoms. The van der Waals surface area contributed by atoms with E-state index in [2.05, 4.69) is 26.1 Å². The Balaban J connectivity index is 2.49. The summed E-state index contributed by atoms with van der Waals surface area (Å²) in [5.41, 5.74) is 1.08. The largest absolute Gasteiger partial charge is 0.314 e. The van der Waals surface area contributed by atoms with E-state index in [4.69, 9.17) is 0 Å². The van der Waals surface area contributed by atoms with Crippen LogP contribution in [0, 0.1) is 6.92 Å². The van der Waals surface area contributed by atoms with Gasteiger partial charge in [0.05, 0.1) is 0 Å². The molecule has 2 rings (SSSR count). The third-order valence-electron chi connectivity index (χ3n) is 2.19. The van der Waals surface area contributed by atoms with Gasteiger partial charge in [-0.1, -0.05) is 28.1 Å². The maximum absolute atomic E-state index is 4.11. The van der Waals surface area contributed by atoms with Crippen LogP contribution in [0.25, 0.3) is 11.4 Å². The highest BCUT2D eigenvalue weighted by Gasteiger charge is 2.06. The van der Waals surface area contributed by atoms with Gasteiger partial charge in [0.2, 0.25) is 0 Å². The van der Waals surface area contributed by atoms with Gasteiger partial charge in [-0.3, -0.25) is 0 Å². The van der Waals surface area contributed by atoms with E-state index < -0.39 is 0 Å². The molecule has 0 aliphatic carbocycles. The number of aryl methyl sites for hydroxylation is 1. The number of nitrogens with zero attached hydrogens (tertiary/aromatic N) is 3. The first-order valence-electron chi connectivity index (χ1n) is 4.30. The van der Waals surface area contributed by atoms with Gasteiger partial charge in [0, 0.05) is 17.1 Å². The summed E-state index contributed by atoms with van der Waals surface area (Å²) in [6.07, 6.45) is 0. The zero-order valence-corrected chi connectivity index (χ0v) is 9.62. The van der Waals surface area contributed by atoms with Crippen molar-refractivity contribution < 1.29 is 0 Å². The number of aromatic nitrogens is 3. The lowest BCUT2D eigenvalue weighted by molar-refractivity contribution is 0.865. The molecule has 0 atom stereocenters. The maximum Gasteiger partial charge on any atom is 0.163 e. The maximum atomic E-state index is 4.11. The molecule has 3 nitrogen and oxygen atoms in total. The van der Waals surface area contributed by atoms with Gasteiger partial charge in [0.15, 0.2) is 5.82 Å². The topological polar surface area (TPSA) is 30.7 Å². The molecule has 0 unspecified atom stereocenters. The summed E-state index contributed by atoms with van der Waals surface area (Å²) in [4.78, 5) is 0. The SMILES string of the molecule is Cc1nnc(-c2ccc(Br)cc2)n1C. The molecule has 0 spiro atoms. The second kappa shape index (κ2) is 3.53. The molecule has 0 aliphatic rings. The van der Waals surface area contributed by atoms with E-state index in [9.17, 15) is 0 Å². The standard InChI is InChI=1S/C10H10BrN3/c1-7-12-13-10(14(7)2)8-3-5-9(11)6-4-8/h3-6H,1-2H3. The first-order valence-corrected chi connectivity index (χ1v) is 5.09. The Morgan fingerprint density at radius 2 is 1.79 bits per heavy atom. The highest BCUT2D eigenvalue weighted by Crippen LogP contribution is 2.19. The van der Waals surface area contributed by atoms with Gasteiger partial charge < -0.3 is 4.57 Å². The van der Waals surface area contributed by atoms with Crippen LogP contribution >= 0.6 is 15.9 Å². The molecular formula is C10H10BrN3. The molecule has 1 aromatic heterocycles. The Morgan fingerprint density at radius 1 is 1.14 bits per heavy atom. The average molecular weight is 252 g/mol. The summed E-state index contributed by atoms with van der Waals surface area (Å²) >= 11 is 3.40. The lowest BCUT2D eigenvalue weighted by atomic mass is 10.2. The molecule has 0 N–H and O–H groups in total. The number of rotatable bonds is 1. The monoisotopic (exact) mass is 251 g/mol. The van der Waals surface area contributed by atoms with Crippen molar-refractivity contribution in [3.63, 3.8) is 0 Å². The number of benzene rings is 1. The summed E-state index contributed by atoms with van der Waals surface area (Å²) in [6, 6.07) is 8.04. The summed E-state index contributed by atoms with van der Waals surface area (Å²) in [5.74, 6) is 1.82. The van der Waals surface area contributed by atoms with Crippen LogP contribution in [0.5, 0.6) is 0 Å². The van der Waals surface area contributed by atoms with Crippen molar-refractivity contribution in [2.75, 3.05) is 0 Å². The van der Waals surface area contributed by atoms with E-state index in [-0.39, 0.29) is 0 Å². The highest BCUT2D eigenvalue weighted by atomic mass is 79.9. The van der Waals surface area contributed by atoms with E-state index >= 15 is 0 Å². The van der Waals surface area contributed by atoms with Gasteiger partial charge in [0.25, 0.3) is 0 Å². The molecule has 0 amide bonds. The molecule has 0 radical (unpaired) electrons. The van der Waals surface area contributed by atoms with Gasteiger partial charge in [-0.25, -0.2) is 0 Å². The van der Waals surface area contributed by atoms with Crippen LogP contribution in [0.1, 0.15) is 5.82 Å². The van der Waals surface area contributed by atoms with Crippen LogP contribution in [-0.2, 0) is 7.05 Å². The summed E-state index contributed by atoms with van der Waals surface area (Å²) < 4.78 is 3.05. The van der Waals surface area contributed by atoms with Crippen molar-refractivity contribution >= 4 is 15.9 Å². The second-order valence-electron chi connectivity index (χ2n) is 3.14. The molecule has 1 aromatic carbocycles. The predicted octanol–water partition coefficient (Wildman–Crippen LogP) is 2.55. The van der Waals surface area contributed by atoms with Crippen LogP contribution in [-0.4, -0.2) is 14.8 Å². The zero-order valence-electron chi connectivity index (χ0n) is 8.03. The van der Waals surface area contributed by atoms with Crippen molar-refractivity contribution in [2.45, 2.75) is 6.92 Å². The Bertz CT molecular complexity index is 445. The third kappa shape index (κ3) is 1.57. The Labute approximate surface area is 90.9 Å². The molecule has 4 heteroatoms. The molecule has 0 bridgehead atoms. The zero-order chi connectivity index (χ0) is 10.1. The quantitative estimate of drug-likeness (QED) is 0.780. The minimum Gasteiger partial charge on any atom is -0.314 e. The number of hydrogen-bond donors (Lipinski definition) is 0. The first kappa shape index (κ1) is 9.40. The minimum atomic E-state index is 0.898. The normalized spacial score (nSPS) is 10.5. The minimum absolute atomic E-state index is 0.898. The van der Waals surface area contributed by atoms with Crippen molar-refractivity contribution in [1.29, 1.82) is 0 Å². The van der Waals surface area contributed by atoms with Crippen LogP contribution < -0.4 is 0 Å². The van der Waals surface area contributed by atoms with Crippen LogP contribution in [0.3, 0.4) is 0 Å². The molecule has 1 heterocycles. The Hall–Kier alpha value is -1.16. The summed E-state index contributed by atoms with van der Waals surface area (Å²) in [5, 5.41) is 8.13. The van der Waals surface area contributed by atoms with Gasteiger partial charge in [-0.15, -0.1) is 10.2 Å². The Kier molecular flexibility index (Phi) is 2.37. The molecule has 0 saturated carbocycles. The Morgan fingerprint density at radius 3 is 2.29 bits per heavy atom. The molecule has 2 aromatic rings. The lowest BCUT2D eigenvalue weighted by Gasteiger charge is -2.01. The van der Waals surface area contributed by atoms with Crippen molar-refractivity contribution in [3.05, 3.63) is 34.6 Å². The van der Waals surface area contributed by atoms with E-state index in [1.54, 1.807) is 0 Å². The van der Waals surface area contributed by atoms with Gasteiger partial charge in [-0.05, 0) is 19.1 Å². The predicted molar refractivity (Wildman–Crippen MR) is 58.9 cm³/mol. The fraction of sp³-hybridized carbons (Fsp3) is 0.200. The van der Waals surface area contributed by atoms with E-state index in [1.165, 1.54) is 0 Å². The number of hydrogen-bond acceptors (Lipinski definition) is 2. The summed E-state index contributed by atoms with van der Waals surface area (Å²) in [6.45, 7) is 1.94. The van der Waals surface area contributed by atoms with Crippen molar-refractivity contribution in [3.8, 4) is 11.4 Å². The molecule has 72 valence electrons. The third-order valence-corrected chi connectivity index (χ3v) is 2.72. The van der Waals surface area contributed by atoms with Crippen molar-refractivity contribution in [1.82, 2.24) is 14.8 Å². The fourth-order valence-electron chi connectivity index (χ4n) is 1.26. The first-order chi connectivity index (χ1) is 6.68.